The second-order valence-corrected chi connectivity index (χ2v) is 8.46. The second-order valence-electron chi connectivity index (χ2n) is 7.48. The van der Waals surface area contributed by atoms with E-state index in [1.54, 1.807) is 43.8 Å². The highest BCUT2D eigenvalue weighted by atomic mass is 32.1. The number of amides is 2. The number of anilines is 2. The van der Waals surface area contributed by atoms with Crippen LogP contribution in [-0.4, -0.2) is 37.4 Å². The lowest BCUT2D eigenvalue weighted by Crippen LogP contribution is -2.45. The van der Waals surface area contributed by atoms with Gasteiger partial charge in [0, 0.05) is 23.8 Å². The molecule has 1 aromatic carbocycles. The van der Waals surface area contributed by atoms with Gasteiger partial charge in [0.15, 0.2) is 5.69 Å². The molecule has 30 heavy (non-hydrogen) atoms. The van der Waals surface area contributed by atoms with Crippen molar-refractivity contribution >= 4 is 34.0 Å². The number of aryl methyl sites for hydroxylation is 1. The smallest absolute Gasteiger partial charge is 0.413 e. The molecule has 3 aromatic rings. The monoisotopic (exact) mass is 431 g/mol. The van der Waals surface area contributed by atoms with Gasteiger partial charge in [0.25, 0.3) is 5.91 Å². The molecule has 0 aliphatic rings. The van der Waals surface area contributed by atoms with Crippen LogP contribution in [0.15, 0.2) is 36.7 Å². The van der Waals surface area contributed by atoms with Crippen molar-refractivity contribution in [3.05, 3.63) is 48.2 Å². The van der Waals surface area contributed by atoms with Crippen molar-refractivity contribution in [2.24, 2.45) is 0 Å². The molecule has 2 heterocycles. The summed E-state index contributed by atoms with van der Waals surface area (Å²) >= 11 is 0.951. The number of aromatic nitrogens is 3. The number of thiazole rings is 1. The summed E-state index contributed by atoms with van der Waals surface area (Å²) in [6, 6.07) is 6.02. The van der Waals surface area contributed by atoms with E-state index in [0.29, 0.717) is 12.2 Å². The summed E-state index contributed by atoms with van der Waals surface area (Å²) in [4.78, 5) is 30.4. The van der Waals surface area contributed by atoms with E-state index in [9.17, 15) is 19.1 Å². The number of nitrogens with one attached hydrogen (secondary N) is 1. The first-order valence-corrected chi connectivity index (χ1v) is 10.1. The minimum atomic E-state index is -1.24. The number of halogens is 1. The van der Waals surface area contributed by atoms with E-state index in [-0.39, 0.29) is 21.3 Å². The Morgan fingerprint density at radius 1 is 1.30 bits per heavy atom. The molecule has 8 nitrogen and oxygen atoms in total. The summed E-state index contributed by atoms with van der Waals surface area (Å²) in [5, 5.41) is 16.9. The summed E-state index contributed by atoms with van der Waals surface area (Å²) < 4.78 is 16.0. The van der Waals surface area contributed by atoms with E-state index in [1.807, 2.05) is 6.92 Å². The van der Waals surface area contributed by atoms with Crippen molar-refractivity contribution in [1.29, 1.82) is 0 Å². The number of nitrogens with zero attached hydrogens (tertiary/aromatic N) is 4. The SMILES string of the molecule is CCn1cc(NC(=O)c2nc(-c3ccccc3F)sc2N(C(=O)O)C(C)(C)C)cn1. The molecule has 2 aromatic heterocycles. The van der Waals surface area contributed by atoms with Crippen LogP contribution in [0.2, 0.25) is 0 Å². The van der Waals surface area contributed by atoms with Crippen molar-refractivity contribution in [2.45, 2.75) is 39.8 Å². The highest BCUT2D eigenvalue weighted by Crippen LogP contribution is 2.39. The van der Waals surface area contributed by atoms with E-state index < -0.39 is 23.4 Å². The van der Waals surface area contributed by atoms with Gasteiger partial charge in [0.05, 0.1) is 11.9 Å². The average molecular weight is 431 g/mol. The molecule has 0 radical (unpaired) electrons. The molecule has 0 spiro atoms. The molecule has 0 aliphatic heterocycles. The molecule has 0 unspecified atom stereocenters. The van der Waals surface area contributed by atoms with Gasteiger partial charge < -0.3 is 10.4 Å². The van der Waals surface area contributed by atoms with Crippen molar-refractivity contribution < 1.29 is 19.1 Å². The number of benzene rings is 1. The van der Waals surface area contributed by atoms with Crippen molar-refractivity contribution in [1.82, 2.24) is 14.8 Å². The topological polar surface area (TPSA) is 100 Å². The van der Waals surface area contributed by atoms with Crippen LogP contribution in [0.3, 0.4) is 0 Å². The summed E-state index contributed by atoms with van der Waals surface area (Å²) in [5.74, 6) is -1.11. The molecule has 158 valence electrons. The molecule has 0 atom stereocenters. The fourth-order valence-corrected chi connectivity index (χ4v) is 4.11. The first-order valence-electron chi connectivity index (χ1n) is 9.24. The van der Waals surface area contributed by atoms with E-state index >= 15 is 0 Å². The van der Waals surface area contributed by atoms with Crippen LogP contribution in [0.5, 0.6) is 0 Å². The van der Waals surface area contributed by atoms with Crippen LogP contribution in [-0.2, 0) is 6.54 Å². The van der Waals surface area contributed by atoms with Gasteiger partial charge in [0.2, 0.25) is 0 Å². The van der Waals surface area contributed by atoms with Gasteiger partial charge in [-0.1, -0.05) is 23.5 Å². The van der Waals surface area contributed by atoms with Crippen LogP contribution in [0.25, 0.3) is 10.6 Å². The van der Waals surface area contributed by atoms with Crippen LogP contribution in [0.1, 0.15) is 38.2 Å². The lowest BCUT2D eigenvalue weighted by molar-refractivity contribution is 0.102. The third kappa shape index (κ3) is 4.33. The minimum absolute atomic E-state index is 0.0974. The lowest BCUT2D eigenvalue weighted by atomic mass is 10.1. The number of carbonyl (C=O) groups is 2. The molecule has 0 saturated heterocycles. The Hall–Kier alpha value is -3.27. The highest BCUT2D eigenvalue weighted by Gasteiger charge is 2.34. The highest BCUT2D eigenvalue weighted by molar-refractivity contribution is 7.19. The first-order chi connectivity index (χ1) is 14.1. The molecule has 2 amide bonds. The molecular formula is C20H22FN5O3S. The van der Waals surface area contributed by atoms with E-state index in [4.69, 9.17) is 0 Å². The molecule has 0 saturated carbocycles. The molecular weight excluding hydrogens is 409 g/mol. The van der Waals surface area contributed by atoms with Gasteiger partial charge in [-0.25, -0.2) is 14.2 Å². The largest absolute Gasteiger partial charge is 0.465 e. The summed E-state index contributed by atoms with van der Waals surface area (Å²) in [6.07, 6.45) is 1.91. The van der Waals surface area contributed by atoms with Gasteiger partial charge in [0.1, 0.15) is 15.8 Å². The first kappa shape index (κ1) is 21.4. The van der Waals surface area contributed by atoms with Crippen LogP contribution >= 0.6 is 11.3 Å². The maximum atomic E-state index is 14.3. The van der Waals surface area contributed by atoms with Gasteiger partial charge in [-0.15, -0.1) is 0 Å². The molecule has 0 fully saturated rings. The predicted octanol–water partition coefficient (Wildman–Crippen LogP) is 4.70. The van der Waals surface area contributed by atoms with E-state index in [1.165, 1.54) is 18.3 Å². The Labute approximate surface area is 177 Å². The van der Waals surface area contributed by atoms with Gasteiger partial charge in [-0.3, -0.25) is 14.4 Å². The summed E-state index contributed by atoms with van der Waals surface area (Å²) in [5.41, 5.74) is -0.306. The number of hydrogen-bond acceptors (Lipinski definition) is 5. The number of carboxylic acid groups (broad SMARTS) is 1. The Bertz CT molecular complexity index is 1090. The minimum Gasteiger partial charge on any atom is -0.465 e. The lowest BCUT2D eigenvalue weighted by Gasteiger charge is -2.32. The van der Waals surface area contributed by atoms with Gasteiger partial charge in [-0.05, 0) is 39.8 Å². The van der Waals surface area contributed by atoms with Crippen LogP contribution in [0.4, 0.5) is 19.9 Å². The summed E-state index contributed by atoms with van der Waals surface area (Å²) in [6.45, 7) is 7.65. The van der Waals surface area contributed by atoms with Gasteiger partial charge in [-0.2, -0.15) is 5.10 Å². The average Bonchev–Trinajstić information content (AvgIpc) is 3.27. The number of hydrogen-bond donors (Lipinski definition) is 2. The molecule has 0 bridgehead atoms. The maximum Gasteiger partial charge on any atom is 0.413 e. The molecule has 0 aliphatic carbocycles. The maximum absolute atomic E-state index is 14.3. The standard InChI is InChI=1S/C20H22FN5O3S/c1-5-25-11-12(10-22-25)23-16(27)15-18(26(19(28)29)20(2,3)4)30-17(24-15)13-8-6-7-9-14(13)21/h6-11H,5H2,1-4H3,(H,23,27)(H,28,29). The Balaban J connectivity index is 2.10. The van der Waals surface area contributed by atoms with E-state index in [2.05, 4.69) is 15.4 Å². The zero-order valence-electron chi connectivity index (χ0n) is 17.0. The number of carbonyl (C=O) groups excluding carboxylic acids is 1. The molecule has 10 heteroatoms. The fourth-order valence-electron chi connectivity index (χ4n) is 2.83. The molecule has 2 N–H and O–H groups in total. The Kier molecular flexibility index (Phi) is 5.88. The third-order valence-corrected chi connectivity index (χ3v) is 5.28. The molecule has 3 rings (SSSR count). The second kappa shape index (κ2) is 8.23. The van der Waals surface area contributed by atoms with Gasteiger partial charge >= 0.3 is 6.09 Å². The summed E-state index contributed by atoms with van der Waals surface area (Å²) in [7, 11) is 0. The normalized spacial score (nSPS) is 11.4. The fraction of sp³-hybridized carbons (Fsp3) is 0.300. The van der Waals surface area contributed by atoms with Crippen molar-refractivity contribution in [3.8, 4) is 10.6 Å². The van der Waals surface area contributed by atoms with E-state index in [0.717, 1.165) is 16.2 Å². The Morgan fingerprint density at radius 3 is 2.57 bits per heavy atom. The zero-order chi connectivity index (χ0) is 22.1. The van der Waals surface area contributed by atoms with Crippen molar-refractivity contribution in [2.75, 3.05) is 10.2 Å². The van der Waals surface area contributed by atoms with Crippen molar-refractivity contribution in [3.63, 3.8) is 0 Å². The van der Waals surface area contributed by atoms with Crippen LogP contribution < -0.4 is 10.2 Å². The predicted molar refractivity (Wildman–Crippen MR) is 114 cm³/mol. The quantitative estimate of drug-likeness (QED) is 0.610. The Morgan fingerprint density at radius 2 is 2.00 bits per heavy atom. The number of rotatable bonds is 5. The zero-order valence-corrected chi connectivity index (χ0v) is 17.8. The third-order valence-electron chi connectivity index (χ3n) is 4.21. The van der Waals surface area contributed by atoms with Crippen LogP contribution in [0, 0.1) is 5.82 Å².